The van der Waals surface area contributed by atoms with Crippen molar-refractivity contribution < 1.29 is 21.6 Å². The average Bonchev–Trinajstić information content (AvgIpc) is 2.58. The topological polar surface area (TPSA) is 46.5 Å². The van der Waals surface area contributed by atoms with Crippen molar-refractivity contribution in [1.29, 1.82) is 0 Å². The molecule has 0 saturated carbocycles. The zero-order valence-corrected chi connectivity index (χ0v) is 17.2. The van der Waals surface area contributed by atoms with E-state index in [-0.39, 0.29) is 22.0 Å². The maximum atomic E-state index is 13.6. The number of benzene rings is 2. The fraction of sp³-hybridized carbons (Fsp3) is 0.263. The van der Waals surface area contributed by atoms with Crippen LogP contribution in [0.3, 0.4) is 0 Å². The summed E-state index contributed by atoms with van der Waals surface area (Å²) >= 11 is 10.7. The zero-order chi connectivity index (χ0) is 20.9. The van der Waals surface area contributed by atoms with Crippen LogP contribution in [0.2, 0.25) is 5.02 Å². The Morgan fingerprint density at radius 2 is 1.82 bits per heavy atom. The van der Waals surface area contributed by atoms with Crippen molar-refractivity contribution in [3.63, 3.8) is 0 Å². The standard InChI is InChI=1S/C19H17ClF3NO2S2/c1-28(25,26)10-2-3-13-4-6-14(7-5-13)18-16(19(21,22)23)11-15(12-17(18)20)24-8-9-27/h4-9,11-12H,2-3,10H2,1H3. The van der Waals surface area contributed by atoms with Crippen LogP contribution in [0, 0.1) is 0 Å². The largest absolute Gasteiger partial charge is 0.417 e. The Morgan fingerprint density at radius 1 is 1.18 bits per heavy atom. The number of aryl methyl sites for hydroxylation is 1. The molecule has 0 aliphatic carbocycles. The van der Waals surface area contributed by atoms with E-state index >= 15 is 0 Å². The summed E-state index contributed by atoms with van der Waals surface area (Å²) in [4.78, 5) is 3.84. The second-order valence-corrected chi connectivity index (χ2v) is 9.13. The number of rotatable bonds is 7. The second-order valence-electron chi connectivity index (χ2n) is 6.19. The van der Waals surface area contributed by atoms with Gasteiger partial charge in [-0.05, 0) is 36.1 Å². The molecule has 0 aromatic heterocycles. The predicted octanol–water partition coefficient (Wildman–Crippen LogP) is 5.71. The van der Waals surface area contributed by atoms with Gasteiger partial charge in [-0.2, -0.15) is 13.2 Å². The van der Waals surface area contributed by atoms with E-state index < -0.39 is 21.6 Å². The monoisotopic (exact) mass is 447 g/mol. The summed E-state index contributed by atoms with van der Waals surface area (Å²) in [6, 6.07) is 8.72. The molecule has 0 radical (unpaired) electrons. The first-order valence-corrected chi connectivity index (χ1v) is 11.1. The lowest BCUT2D eigenvalue weighted by Gasteiger charge is -2.16. The van der Waals surface area contributed by atoms with Crippen LogP contribution >= 0.6 is 23.8 Å². The van der Waals surface area contributed by atoms with Crippen LogP contribution in [0.15, 0.2) is 41.4 Å². The number of sulfone groups is 1. The molecule has 0 heterocycles. The number of alkyl halides is 3. The van der Waals surface area contributed by atoms with Crippen molar-refractivity contribution in [2.75, 3.05) is 12.0 Å². The van der Waals surface area contributed by atoms with Gasteiger partial charge in [-0.1, -0.05) is 48.1 Å². The van der Waals surface area contributed by atoms with Gasteiger partial charge in [-0.3, -0.25) is 4.99 Å². The molecule has 150 valence electrons. The third-order valence-electron chi connectivity index (χ3n) is 3.89. The highest BCUT2D eigenvalue weighted by Gasteiger charge is 2.35. The quantitative estimate of drug-likeness (QED) is 0.403. The van der Waals surface area contributed by atoms with Gasteiger partial charge in [0.05, 0.1) is 22.0 Å². The van der Waals surface area contributed by atoms with Crippen LogP contribution < -0.4 is 0 Å². The minimum absolute atomic E-state index is 0.0552. The van der Waals surface area contributed by atoms with Crippen molar-refractivity contribution in [3.05, 3.63) is 52.5 Å². The summed E-state index contributed by atoms with van der Waals surface area (Å²) in [7, 11) is -3.05. The van der Waals surface area contributed by atoms with Gasteiger partial charge in [0.2, 0.25) is 0 Å². The summed E-state index contributed by atoms with van der Waals surface area (Å²) in [5.41, 5.74) is 0.188. The lowest BCUT2D eigenvalue weighted by molar-refractivity contribution is -0.137. The highest BCUT2D eigenvalue weighted by Crippen LogP contribution is 2.43. The molecule has 2 aromatic rings. The third kappa shape index (κ3) is 6.39. The lowest BCUT2D eigenvalue weighted by atomic mass is 9.97. The number of hydrogen-bond acceptors (Lipinski definition) is 4. The van der Waals surface area contributed by atoms with E-state index in [1.54, 1.807) is 24.3 Å². The fourth-order valence-electron chi connectivity index (χ4n) is 2.68. The van der Waals surface area contributed by atoms with Gasteiger partial charge in [-0.15, -0.1) is 0 Å². The minimum Gasteiger partial charge on any atom is -0.256 e. The van der Waals surface area contributed by atoms with Gasteiger partial charge < -0.3 is 0 Å². The van der Waals surface area contributed by atoms with Crippen LogP contribution in [-0.2, 0) is 22.4 Å². The van der Waals surface area contributed by atoms with Gasteiger partial charge in [0, 0.05) is 23.4 Å². The predicted molar refractivity (Wildman–Crippen MR) is 112 cm³/mol. The van der Waals surface area contributed by atoms with Crippen molar-refractivity contribution >= 4 is 50.9 Å². The van der Waals surface area contributed by atoms with E-state index in [9.17, 15) is 21.6 Å². The van der Waals surface area contributed by atoms with E-state index in [2.05, 4.69) is 17.2 Å². The van der Waals surface area contributed by atoms with Gasteiger partial charge in [-0.25, -0.2) is 8.42 Å². The van der Waals surface area contributed by atoms with Crippen LogP contribution in [0.4, 0.5) is 18.9 Å². The molecule has 0 spiro atoms. The molecule has 0 N–H and O–H groups in total. The summed E-state index contributed by atoms with van der Waals surface area (Å²) in [6.45, 7) is 0. The molecular formula is C19H17ClF3NO2S2. The molecule has 0 unspecified atom stereocenters. The molecular weight excluding hydrogens is 431 g/mol. The molecule has 0 atom stereocenters. The Kier molecular flexibility index (Phi) is 7.36. The van der Waals surface area contributed by atoms with E-state index in [0.717, 1.165) is 17.9 Å². The first-order valence-electron chi connectivity index (χ1n) is 8.17. The molecule has 28 heavy (non-hydrogen) atoms. The maximum absolute atomic E-state index is 13.6. The van der Waals surface area contributed by atoms with E-state index in [4.69, 9.17) is 11.6 Å². The van der Waals surface area contributed by atoms with Crippen LogP contribution in [0.25, 0.3) is 11.1 Å². The molecule has 3 nitrogen and oxygen atoms in total. The highest BCUT2D eigenvalue weighted by molar-refractivity contribution is 7.90. The molecule has 0 aliphatic rings. The van der Waals surface area contributed by atoms with Crippen molar-refractivity contribution in [2.45, 2.75) is 19.0 Å². The number of halogens is 4. The summed E-state index contributed by atoms with van der Waals surface area (Å²) in [5.74, 6) is 0.0580. The van der Waals surface area contributed by atoms with Crippen LogP contribution in [-0.4, -0.2) is 32.0 Å². The number of aliphatic imine (C=N–C) groups is 1. The molecule has 0 amide bonds. The van der Waals surface area contributed by atoms with Gasteiger partial charge in [0.25, 0.3) is 0 Å². The smallest absolute Gasteiger partial charge is 0.256 e. The van der Waals surface area contributed by atoms with E-state index in [1.165, 1.54) is 17.6 Å². The summed E-state index contributed by atoms with van der Waals surface area (Å²) in [6.07, 6.45) is -1.28. The molecule has 0 aliphatic heterocycles. The Labute approximate surface area is 172 Å². The molecule has 9 heteroatoms. The van der Waals surface area contributed by atoms with Crippen molar-refractivity contribution in [1.82, 2.24) is 0 Å². The zero-order valence-electron chi connectivity index (χ0n) is 14.8. The highest BCUT2D eigenvalue weighted by atomic mass is 35.5. The minimum atomic E-state index is -4.61. The van der Waals surface area contributed by atoms with Crippen molar-refractivity contribution in [3.8, 4) is 11.1 Å². The summed E-state index contributed by atoms with van der Waals surface area (Å²) in [5, 5.41) is 1.12. The summed E-state index contributed by atoms with van der Waals surface area (Å²) < 4.78 is 63.1. The van der Waals surface area contributed by atoms with E-state index in [1.807, 2.05) is 0 Å². The first-order chi connectivity index (χ1) is 13.0. The van der Waals surface area contributed by atoms with Gasteiger partial charge in [0.1, 0.15) is 9.84 Å². The van der Waals surface area contributed by atoms with Gasteiger partial charge in [0.15, 0.2) is 0 Å². The van der Waals surface area contributed by atoms with Crippen molar-refractivity contribution in [2.24, 2.45) is 4.99 Å². The lowest BCUT2D eigenvalue weighted by Crippen LogP contribution is -2.07. The Hall–Kier alpha value is -1.77. The SMILES string of the molecule is CS(=O)(=O)CCCc1ccc(-c2c(Cl)cc(N=CC=S)cc2C(F)(F)F)cc1. The molecule has 0 bridgehead atoms. The number of thiocarbonyl (C=S) groups is 1. The Morgan fingerprint density at radius 3 is 2.36 bits per heavy atom. The first kappa shape index (κ1) is 22.5. The van der Waals surface area contributed by atoms with E-state index in [0.29, 0.717) is 18.4 Å². The average molecular weight is 448 g/mol. The Bertz CT molecular complexity index is 985. The normalized spacial score (nSPS) is 12.5. The molecule has 2 aromatic carbocycles. The second kappa shape index (κ2) is 9.15. The Balaban J connectivity index is 2.38. The van der Waals surface area contributed by atoms with Crippen LogP contribution in [0.5, 0.6) is 0 Å². The third-order valence-corrected chi connectivity index (χ3v) is 5.34. The fourth-order valence-corrected chi connectivity index (χ4v) is 3.73. The maximum Gasteiger partial charge on any atom is 0.417 e. The van der Waals surface area contributed by atoms with Crippen LogP contribution in [0.1, 0.15) is 17.5 Å². The molecule has 0 saturated heterocycles. The van der Waals surface area contributed by atoms with Gasteiger partial charge >= 0.3 is 6.18 Å². The molecule has 0 fully saturated rings. The molecule has 2 rings (SSSR count). The number of hydrogen-bond donors (Lipinski definition) is 0. The number of nitrogens with zero attached hydrogens (tertiary/aromatic N) is 1.